The second kappa shape index (κ2) is 6.44. The van der Waals surface area contributed by atoms with Gasteiger partial charge in [-0.1, -0.05) is 13.8 Å². The largest absolute Gasteiger partial charge is 0.315 e. The number of nitrogens with one attached hydrogen (secondary N) is 1. The Morgan fingerprint density at radius 1 is 1.55 bits per heavy atom. The van der Waals surface area contributed by atoms with E-state index in [1.54, 1.807) is 10.4 Å². The number of halogens is 1. The second-order valence-corrected chi connectivity index (χ2v) is 9.76. The molecule has 0 bridgehead atoms. The van der Waals surface area contributed by atoms with E-state index < -0.39 is 10.0 Å². The Morgan fingerprint density at radius 2 is 2.25 bits per heavy atom. The first kappa shape index (κ1) is 16.4. The van der Waals surface area contributed by atoms with Gasteiger partial charge in [-0.05, 0) is 47.8 Å². The van der Waals surface area contributed by atoms with Crippen molar-refractivity contribution in [1.29, 1.82) is 0 Å². The molecule has 1 aromatic heterocycles. The topological polar surface area (TPSA) is 49.4 Å². The maximum atomic E-state index is 12.9. The third-order valence-corrected chi connectivity index (χ3v) is 7.84. The predicted molar refractivity (Wildman–Crippen MR) is 86.5 cm³/mol. The van der Waals surface area contributed by atoms with Gasteiger partial charge in [-0.2, -0.15) is 4.31 Å². The van der Waals surface area contributed by atoms with Crippen LogP contribution in [0.25, 0.3) is 0 Å². The van der Waals surface area contributed by atoms with E-state index in [0.717, 1.165) is 17.7 Å². The summed E-state index contributed by atoms with van der Waals surface area (Å²) >= 11 is 4.89. The highest BCUT2D eigenvalue weighted by atomic mass is 79.9. The monoisotopic (exact) mass is 380 g/mol. The van der Waals surface area contributed by atoms with Gasteiger partial charge in [-0.25, -0.2) is 8.42 Å². The molecule has 20 heavy (non-hydrogen) atoms. The second-order valence-electron chi connectivity index (χ2n) is 5.45. The third-order valence-electron chi connectivity index (χ3n) is 3.66. The van der Waals surface area contributed by atoms with E-state index in [2.05, 4.69) is 35.1 Å². The molecule has 0 radical (unpaired) electrons. The predicted octanol–water partition coefficient (Wildman–Crippen LogP) is 3.04. The quantitative estimate of drug-likeness (QED) is 0.853. The van der Waals surface area contributed by atoms with Gasteiger partial charge in [0.05, 0.1) is 3.79 Å². The zero-order valence-electron chi connectivity index (χ0n) is 12.0. The molecule has 114 valence electrons. The first-order chi connectivity index (χ1) is 9.37. The molecular weight excluding hydrogens is 360 g/mol. The Hall–Kier alpha value is 0.0500. The Balaban J connectivity index is 2.35. The van der Waals surface area contributed by atoms with Crippen LogP contribution in [0, 0.1) is 5.92 Å². The van der Waals surface area contributed by atoms with Crippen LogP contribution in [0.15, 0.2) is 14.7 Å². The summed E-state index contributed by atoms with van der Waals surface area (Å²) in [5, 5.41) is 3.05. The molecule has 1 aliphatic heterocycles. The lowest BCUT2D eigenvalue weighted by Crippen LogP contribution is -2.38. The minimum absolute atomic E-state index is 0.125. The van der Waals surface area contributed by atoms with Gasteiger partial charge in [0.1, 0.15) is 4.90 Å². The van der Waals surface area contributed by atoms with E-state index >= 15 is 0 Å². The number of thiophene rings is 1. The molecule has 4 nitrogen and oxygen atoms in total. The zero-order valence-corrected chi connectivity index (χ0v) is 15.2. The van der Waals surface area contributed by atoms with Crippen LogP contribution >= 0.6 is 27.3 Å². The zero-order chi connectivity index (χ0) is 14.9. The fraction of sp³-hybridized carbons (Fsp3) is 0.692. The van der Waals surface area contributed by atoms with Crippen LogP contribution in [-0.2, 0) is 16.6 Å². The van der Waals surface area contributed by atoms with Crippen LogP contribution < -0.4 is 5.32 Å². The molecule has 2 rings (SSSR count). The summed E-state index contributed by atoms with van der Waals surface area (Å²) in [6.07, 6.45) is 1.91. The molecule has 0 aromatic carbocycles. The average molecular weight is 381 g/mol. The molecule has 1 atom stereocenters. The summed E-state index contributed by atoms with van der Waals surface area (Å²) in [4.78, 5) is 1.44. The number of rotatable bonds is 5. The highest BCUT2D eigenvalue weighted by molar-refractivity contribution is 9.11. The highest BCUT2D eigenvalue weighted by Gasteiger charge is 2.38. The van der Waals surface area contributed by atoms with Crippen LogP contribution in [-0.4, -0.2) is 32.4 Å². The van der Waals surface area contributed by atoms with Crippen molar-refractivity contribution in [2.45, 2.75) is 44.2 Å². The number of sulfonamides is 1. The lowest BCUT2D eigenvalue weighted by Gasteiger charge is -2.26. The van der Waals surface area contributed by atoms with Gasteiger partial charge in [-0.3, -0.25) is 0 Å². The van der Waals surface area contributed by atoms with Crippen LogP contribution in [0.5, 0.6) is 0 Å². The normalized spacial score (nSPS) is 20.9. The van der Waals surface area contributed by atoms with Crippen molar-refractivity contribution < 1.29 is 8.42 Å². The van der Waals surface area contributed by atoms with Crippen molar-refractivity contribution >= 4 is 37.3 Å². The van der Waals surface area contributed by atoms with E-state index in [9.17, 15) is 8.42 Å². The summed E-state index contributed by atoms with van der Waals surface area (Å²) < 4.78 is 28.1. The van der Waals surface area contributed by atoms with Crippen molar-refractivity contribution in [3.63, 3.8) is 0 Å². The maximum Gasteiger partial charge on any atom is 0.245 e. The summed E-state index contributed by atoms with van der Waals surface area (Å²) in [5.74, 6) is 0.349. The van der Waals surface area contributed by atoms with E-state index in [0.29, 0.717) is 27.7 Å². The molecule has 1 N–H and O–H groups in total. The van der Waals surface area contributed by atoms with Gasteiger partial charge in [0.15, 0.2) is 0 Å². The van der Waals surface area contributed by atoms with Crippen molar-refractivity contribution in [3.8, 4) is 0 Å². The first-order valence-electron chi connectivity index (χ1n) is 6.82. The molecule has 0 amide bonds. The van der Waals surface area contributed by atoms with Gasteiger partial charge in [0, 0.05) is 24.0 Å². The van der Waals surface area contributed by atoms with Crippen LogP contribution in [0.1, 0.15) is 31.6 Å². The number of hydrogen-bond donors (Lipinski definition) is 1. The molecule has 1 fully saturated rings. The molecule has 0 saturated carbocycles. The SMILES string of the molecule is CNCc1cc(S(=O)(=O)N2CCCC2C(C)C)c(Br)s1. The first-order valence-corrected chi connectivity index (χ1v) is 9.87. The van der Waals surface area contributed by atoms with E-state index in [1.807, 2.05) is 7.05 Å². The number of nitrogens with zero attached hydrogens (tertiary/aromatic N) is 1. The molecule has 0 spiro atoms. The Bertz CT molecular complexity index is 569. The molecule has 0 aliphatic carbocycles. The third kappa shape index (κ3) is 3.11. The average Bonchev–Trinajstić information content (AvgIpc) is 2.96. The van der Waals surface area contributed by atoms with Gasteiger partial charge in [-0.15, -0.1) is 11.3 Å². The molecule has 1 unspecified atom stereocenters. The van der Waals surface area contributed by atoms with Gasteiger partial charge < -0.3 is 5.32 Å². The molecule has 2 heterocycles. The van der Waals surface area contributed by atoms with Crippen LogP contribution in [0.2, 0.25) is 0 Å². The maximum absolute atomic E-state index is 12.9. The molecule has 1 saturated heterocycles. The lowest BCUT2D eigenvalue weighted by molar-refractivity contribution is 0.315. The summed E-state index contributed by atoms with van der Waals surface area (Å²) in [6.45, 7) is 5.50. The molecule has 1 aliphatic rings. The van der Waals surface area contributed by atoms with E-state index in [4.69, 9.17) is 0 Å². The van der Waals surface area contributed by atoms with Crippen molar-refractivity contribution in [2.24, 2.45) is 5.92 Å². The van der Waals surface area contributed by atoms with E-state index in [-0.39, 0.29) is 6.04 Å². The summed E-state index contributed by atoms with van der Waals surface area (Å²) in [5.41, 5.74) is 0. The van der Waals surface area contributed by atoms with Gasteiger partial charge in [0.2, 0.25) is 10.0 Å². The van der Waals surface area contributed by atoms with Gasteiger partial charge >= 0.3 is 0 Å². The van der Waals surface area contributed by atoms with E-state index in [1.165, 1.54) is 11.3 Å². The lowest BCUT2D eigenvalue weighted by atomic mass is 10.0. The Labute approximate surface area is 133 Å². The number of hydrogen-bond acceptors (Lipinski definition) is 4. The molecule has 1 aromatic rings. The van der Waals surface area contributed by atoms with Crippen LogP contribution in [0.4, 0.5) is 0 Å². The minimum Gasteiger partial charge on any atom is -0.315 e. The Kier molecular flexibility index (Phi) is 5.29. The van der Waals surface area contributed by atoms with Crippen LogP contribution in [0.3, 0.4) is 0 Å². The molecule has 7 heteroatoms. The minimum atomic E-state index is -3.39. The van der Waals surface area contributed by atoms with Gasteiger partial charge in [0.25, 0.3) is 0 Å². The summed E-state index contributed by atoms with van der Waals surface area (Å²) in [7, 11) is -1.53. The summed E-state index contributed by atoms with van der Waals surface area (Å²) in [6, 6.07) is 1.91. The molecular formula is C13H21BrN2O2S2. The van der Waals surface area contributed by atoms with Crippen molar-refractivity contribution in [3.05, 3.63) is 14.7 Å². The van der Waals surface area contributed by atoms with Crippen molar-refractivity contribution in [1.82, 2.24) is 9.62 Å². The smallest absolute Gasteiger partial charge is 0.245 e. The fourth-order valence-corrected chi connectivity index (χ4v) is 7.16. The fourth-order valence-electron chi connectivity index (χ4n) is 2.69. The Morgan fingerprint density at radius 3 is 2.85 bits per heavy atom. The van der Waals surface area contributed by atoms with Crippen molar-refractivity contribution in [2.75, 3.05) is 13.6 Å². The highest BCUT2D eigenvalue weighted by Crippen LogP contribution is 2.37. The standard InChI is InChI=1S/C13H21BrN2O2S2/c1-9(2)11-5-4-6-16(11)20(17,18)12-7-10(8-15-3)19-13(12)14/h7,9,11,15H,4-6,8H2,1-3H3.